The summed E-state index contributed by atoms with van der Waals surface area (Å²) in [5.74, 6) is -2.07. The highest BCUT2D eigenvalue weighted by molar-refractivity contribution is 7.88. The molecule has 6 heteroatoms. The molecular formula is C10H13F2NO2S. The van der Waals surface area contributed by atoms with E-state index in [1.807, 2.05) is 0 Å². The lowest BCUT2D eigenvalue weighted by atomic mass is 10.2. The molecular weight excluding hydrogens is 236 g/mol. The van der Waals surface area contributed by atoms with Crippen molar-refractivity contribution in [2.45, 2.75) is 25.6 Å². The molecule has 16 heavy (non-hydrogen) atoms. The third kappa shape index (κ3) is 3.86. The molecule has 0 heterocycles. The molecule has 0 fully saturated rings. The first-order valence-corrected chi connectivity index (χ1v) is 6.39. The van der Waals surface area contributed by atoms with E-state index in [9.17, 15) is 17.2 Å². The van der Waals surface area contributed by atoms with Gasteiger partial charge in [-0.15, -0.1) is 0 Å². The Labute approximate surface area is 93.5 Å². The smallest absolute Gasteiger partial charge is 0.212 e. The Morgan fingerprint density at radius 2 is 1.94 bits per heavy atom. The Balaban J connectivity index is 2.88. The van der Waals surface area contributed by atoms with E-state index in [0.29, 0.717) is 6.07 Å². The lowest BCUT2D eigenvalue weighted by molar-refractivity contribution is 0.558. The van der Waals surface area contributed by atoms with E-state index < -0.39 is 27.4 Å². The molecule has 0 aromatic heterocycles. The molecule has 0 aliphatic heterocycles. The van der Waals surface area contributed by atoms with Gasteiger partial charge in [-0.2, -0.15) is 0 Å². The van der Waals surface area contributed by atoms with E-state index in [4.69, 9.17) is 0 Å². The van der Waals surface area contributed by atoms with Gasteiger partial charge in [0.15, 0.2) is 0 Å². The lowest BCUT2D eigenvalue weighted by Gasteiger charge is -2.09. The van der Waals surface area contributed by atoms with Gasteiger partial charge in [-0.25, -0.2) is 21.9 Å². The van der Waals surface area contributed by atoms with Gasteiger partial charge in [0.05, 0.1) is 5.75 Å². The fourth-order valence-corrected chi connectivity index (χ4v) is 2.69. The van der Waals surface area contributed by atoms with E-state index in [-0.39, 0.29) is 11.6 Å². The van der Waals surface area contributed by atoms with Crippen LogP contribution >= 0.6 is 0 Å². The van der Waals surface area contributed by atoms with Crippen molar-refractivity contribution in [2.24, 2.45) is 0 Å². The summed E-state index contributed by atoms with van der Waals surface area (Å²) in [5.41, 5.74) is -0.0467. The largest absolute Gasteiger partial charge is 0.216 e. The standard InChI is InChI=1S/C10H13F2NO2S/c1-7(2)13-16(14,15)6-8-3-4-9(11)5-10(8)12/h3-5,7,13H,6H2,1-2H3. The summed E-state index contributed by atoms with van der Waals surface area (Å²) < 4.78 is 51.0. The first kappa shape index (κ1) is 13.1. The van der Waals surface area contributed by atoms with Crippen molar-refractivity contribution in [3.05, 3.63) is 35.4 Å². The fraction of sp³-hybridized carbons (Fsp3) is 0.400. The van der Waals surface area contributed by atoms with Crippen molar-refractivity contribution in [3.63, 3.8) is 0 Å². The topological polar surface area (TPSA) is 46.2 Å². The van der Waals surface area contributed by atoms with Crippen molar-refractivity contribution >= 4 is 10.0 Å². The van der Waals surface area contributed by atoms with Gasteiger partial charge in [0.1, 0.15) is 11.6 Å². The summed E-state index contributed by atoms with van der Waals surface area (Å²) >= 11 is 0. The van der Waals surface area contributed by atoms with E-state index >= 15 is 0 Å². The molecule has 1 aromatic rings. The van der Waals surface area contributed by atoms with Gasteiger partial charge in [-0.05, 0) is 19.9 Å². The molecule has 0 saturated carbocycles. The maximum absolute atomic E-state index is 13.2. The van der Waals surface area contributed by atoms with Gasteiger partial charge >= 0.3 is 0 Å². The minimum Gasteiger partial charge on any atom is -0.212 e. The zero-order valence-corrected chi connectivity index (χ0v) is 9.81. The molecule has 1 aromatic carbocycles. The van der Waals surface area contributed by atoms with E-state index in [0.717, 1.165) is 12.1 Å². The number of rotatable bonds is 4. The quantitative estimate of drug-likeness (QED) is 0.884. The predicted molar refractivity (Wildman–Crippen MR) is 57.3 cm³/mol. The van der Waals surface area contributed by atoms with Crippen molar-refractivity contribution in [1.29, 1.82) is 0 Å². The summed E-state index contributed by atoms with van der Waals surface area (Å²) in [6.45, 7) is 3.33. The molecule has 0 saturated heterocycles. The van der Waals surface area contributed by atoms with Crippen LogP contribution in [0, 0.1) is 11.6 Å². The van der Waals surface area contributed by atoms with Crippen molar-refractivity contribution in [3.8, 4) is 0 Å². The number of halogens is 2. The van der Waals surface area contributed by atoms with Crippen LogP contribution in [0.5, 0.6) is 0 Å². The third-order valence-corrected chi connectivity index (χ3v) is 3.30. The van der Waals surface area contributed by atoms with Crippen LogP contribution in [-0.4, -0.2) is 14.5 Å². The second-order valence-electron chi connectivity index (χ2n) is 3.77. The maximum Gasteiger partial charge on any atom is 0.216 e. The van der Waals surface area contributed by atoms with Gasteiger partial charge in [0.25, 0.3) is 0 Å². The van der Waals surface area contributed by atoms with Gasteiger partial charge < -0.3 is 0 Å². The van der Waals surface area contributed by atoms with Crippen LogP contribution < -0.4 is 4.72 Å². The van der Waals surface area contributed by atoms with Crippen LogP contribution in [-0.2, 0) is 15.8 Å². The molecule has 1 rings (SSSR count). The lowest BCUT2D eigenvalue weighted by Crippen LogP contribution is -2.31. The summed E-state index contributed by atoms with van der Waals surface area (Å²) in [6, 6.07) is 2.57. The van der Waals surface area contributed by atoms with Crippen LogP contribution in [0.2, 0.25) is 0 Å². The van der Waals surface area contributed by atoms with E-state index in [1.165, 1.54) is 0 Å². The van der Waals surface area contributed by atoms with Crippen molar-refractivity contribution < 1.29 is 17.2 Å². The maximum atomic E-state index is 13.2. The van der Waals surface area contributed by atoms with Crippen molar-refractivity contribution in [1.82, 2.24) is 4.72 Å². The zero-order chi connectivity index (χ0) is 12.3. The molecule has 0 aliphatic carbocycles. The van der Waals surface area contributed by atoms with Gasteiger partial charge in [-0.1, -0.05) is 6.07 Å². The first-order chi connectivity index (χ1) is 7.30. The Bertz CT molecular complexity index is 472. The summed E-state index contributed by atoms with van der Waals surface area (Å²) in [7, 11) is -3.58. The molecule has 0 atom stereocenters. The highest BCUT2D eigenvalue weighted by Crippen LogP contribution is 2.12. The average Bonchev–Trinajstić information content (AvgIpc) is 2.07. The SMILES string of the molecule is CC(C)NS(=O)(=O)Cc1ccc(F)cc1F. The molecule has 90 valence electrons. The van der Waals surface area contributed by atoms with Crippen LogP contribution in [0.25, 0.3) is 0 Å². The molecule has 0 aliphatic rings. The summed E-state index contributed by atoms with van der Waals surface area (Å²) in [4.78, 5) is 0. The Hall–Kier alpha value is -1.01. The molecule has 3 nitrogen and oxygen atoms in total. The Kier molecular flexibility index (Phi) is 3.98. The van der Waals surface area contributed by atoms with Crippen LogP contribution in [0.1, 0.15) is 19.4 Å². The molecule has 0 radical (unpaired) electrons. The second-order valence-corrected chi connectivity index (χ2v) is 5.52. The zero-order valence-electron chi connectivity index (χ0n) is 9.00. The van der Waals surface area contributed by atoms with Gasteiger partial charge in [0, 0.05) is 17.7 Å². The number of sulfonamides is 1. The molecule has 0 spiro atoms. The highest BCUT2D eigenvalue weighted by atomic mass is 32.2. The fourth-order valence-electron chi connectivity index (χ4n) is 1.24. The monoisotopic (exact) mass is 249 g/mol. The second kappa shape index (κ2) is 4.88. The number of nitrogens with one attached hydrogen (secondary N) is 1. The predicted octanol–water partition coefficient (Wildman–Crippen LogP) is 1.79. The highest BCUT2D eigenvalue weighted by Gasteiger charge is 2.15. The van der Waals surface area contributed by atoms with E-state index in [1.54, 1.807) is 13.8 Å². The van der Waals surface area contributed by atoms with Crippen molar-refractivity contribution in [2.75, 3.05) is 0 Å². The third-order valence-electron chi connectivity index (χ3n) is 1.78. The minimum atomic E-state index is -3.58. The number of benzene rings is 1. The molecule has 0 amide bonds. The van der Waals surface area contributed by atoms with Gasteiger partial charge in [0.2, 0.25) is 10.0 Å². The average molecular weight is 249 g/mol. The van der Waals surface area contributed by atoms with Crippen LogP contribution in [0.4, 0.5) is 8.78 Å². The molecule has 1 N–H and O–H groups in total. The van der Waals surface area contributed by atoms with E-state index in [2.05, 4.69) is 4.72 Å². The molecule has 0 bridgehead atoms. The number of hydrogen-bond donors (Lipinski definition) is 1. The molecule has 0 unspecified atom stereocenters. The summed E-state index contributed by atoms with van der Waals surface area (Å²) in [6.07, 6.45) is 0. The normalized spacial score (nSPS) is 12.1. The Morgan fingerprint density at radius 1 is 1.31 bits per heavy atom. The number of hydrogen-bond acceptors (Lipinski definition) is 2. The van der Waals surface area contributed by atoms with Gasteiger partial charge in [-0.3, -0.25) is 0 Å². The summed E-state index contributed by atoms with van der Waals surface area (Å²) in [5, 5.41) is 0. The Morgan fingerprint density at radius 3 is 2.44 bits per heavy atom. The first-order valence-electron chi connectivity index (χ1n) is 4.74. The van der Waals surface area contributed by atoms with Crippen LogP contribution in [0.15, 0.2) is 18.2 Å². The van der Waals surface area contributed by atoms with Crippen LogP contribution in [0.3, 0.4) is 0 Å². The minimum absolute atomic E-state index is 0.0467.